The molecule has 0 aromatic heterocycles. The predicted octanol–water partition coefficient (Wildman–Crippen LogP) is 2.25. The molecule has 3 amide bonds. The molecule has 186 valence electrons. The van der Waals surface area contributed by atoms with E-state index < -0.39 is 29.6 Å². The minimum absolute atomic E-state index is 0.00130. The third kappa shape index (κ3) is 5.27. The molecule has 1 aromatic carbocycles. The minimum Gasteiger partial charge on any atom is -0.378 e. The summed E-state index contributed by atoms with van der Waals surface area (Å²) in [6.07, 6.45) is -5.31. The Morgan fingerprint density at radius 1 is 1.09 bits per heavy atom. The van der Waals surface area contributed by atoms with Crippen molar-refractivity contribution in [3.8, 4) is 0 Å². The summed E-state index contributed by atoms with van der Waals surface area (Å²) in [5.41, 5.74) is 0.0179. The maximum absolute atomic E-state index is 13.9. The first-order valence-electron chi connectivity index (χ1n) is 11.2. The Morgan fingerprint density at radius 3 is 2.38 bits per heavy atom. The van der Waals surface area contributed by atoms with Gasteiger partial charge in [0, 0.05) is 63.8 Å². The Labute approximate surface area is 194 Å². The standard InChI is InChI=1S/C22H27F3N4O5/c1-15-13-26(6-7-28(15)21(32)34-29-19(30)4-5-20(29)31)14-16-2-3-17(12-18(16)22(23,24)25)27-8-10-33-11-9-27/h2-3,12,15H,4-11,13-14H2,1H3/t15-/m0/s1. The molecule has 0 unspecified atom stereocenters. The largest absolute Gasteiger partial charge is 0.435 e. The van der Waals surface area contributed by atoms with Crippen LogP contribution in [0.25, 0.3) is 0 Å². The van der Waals surface area contributed by atoms with Crippen molar-refractivity contribution >= 4 is 23.6 Å². The van der Waals surface area contributed by atoms with Crippen LogP contribution < -0.4 is 4.90 Å². The third-order valence-electron chi connectivity index (χ3n) is 6.29. The molecule has 1 atom stereocenters. The van der Waals surface area contributed by atoms with Gasteiger partial charge in [-0.25, -0.2) is 4.79 Å². The van der Waals surface area contributed by atoms with E-state index in [0.29, 0.717) is 50.1 Å². The lowest BCUT2D eigenvalue weighted by molar-refractivity contribution is -0.174. The van der Waals surface area contributed by atoms with E-state index in [2.05, 4.69) is 0 Å². The number of morpholine rings is 1. The zero-order chi connectivity index (χ0) is 24.5. The van der Waals surface area contributed by atoms with Crippen LogP contribution in [0.2, 0.25) is 0 Å². The molecule has 0 aliphatic carbocycles. The van der Waals surface area contributed by atoms with E-state index >= 15 is 0 Å². The summed E-state index contributed by atoms with van der Waals surface area (Å²) in [4.78, 5) is 45.9. The van der Waals surface area contributed by atoms with Gasteiger partial charge in [0.25, 0.3) is 11.8 Å². The van der Waals surface area contributed by atoms with Crippen LogP contribution in [-0.2, 0) is 31.9 Å². The predicted molar refractivity (Wildman–Crippen MR) is 113 cm³/mol. The van der Waals surface area contributed by atoms with Crippen molar-refractivity contribution in [1.29, 1.82) is 0 Å². The molecule has 3 aliphatic heterocycles. The second-order valence-electron chi connectivity index (χ2n) is 8.66. The number of hydrogen-bond acceptors (Lipinski definition) is 7. The number of rotatable bonds is 4. The zero-order valence-corrected chi connectivity index (χ0v) is 18.8. The lowest BCUT2D eigenvalue weighted by Crippen LogP contribution is -2.55. The van der Waals surface area contributed by atoms with Gasteiger partial charge in [0.2, 0.25) is 0 Å². The molecule has 12 heteroatoms. The van der Waals surface area contributed by atoms with E-state index in [1.807, 2.05) is 9.80 Å². The molecule has 0 bridgehead atoms. The summed E-state index contributed by atoms with van der Waals surface area (Å²) >= 11 is 0. The van der Waals surface area contributed by atoms with E-state index in [9.17, 15) is 27.6 Å². The first kappa shape index (κ1) is 24.3. The maximum atomic E-state index is 13.9. The van der Waals surface area contributed by atoms with Crippen LogP contribution in [0, 0.1) is 0 Å². The number of hydroxylamine groups is 2. The van der Waals surface area contributed by atoms with Crippen LogP contribution >= 0.6 is 0 Å². The second kappa shape index (κ2) is 9.79. The van der Waals surface area contributed by atoms with Crippen molar-refractivity contribution < 1.29 is 37.1 Å². The Balaban J connectivity index is 1.41. The van der Waals surface area contributed by atoms with Gasteiger partial charge in [0.05, 0.1) is 18.8 Å². The number of ether oxygens (including phenoxy) is 1. The number of carbonyl (C=O) groups excluding carboxylic acids is 3. The van der Waals surface area contributed by atoms with Crippen LogP contribution in [-0.4, -0.2) is 84.8 Å². The quantitative estimate of drug-likeness (QED) is 0.607. The number of halogens is 3. The average Bonchev–Trinajstić information content (AvgIpc) is 3.11. The fourth-order valence-corrected chi connectivity index (χ4v) is 4.46. The van der Waals surface area contributed by atoms with Crippen molar-refractivity contribution in [2.75, 3.05) is 50.8 Å². The van der Waals surface area contributed by atoms with Gasteiger partial charge in [0.1, 0.15) is 0 Å². The zero-order valence-electron chi connectivity index (χ0n) is 18.8. The summed E-state index contributed by atoms with van der Waals surface area (Å²) in [6.45, 7) is 4.71. The number of amides is 3. The molecule has 3 heterocycles. The summed E-state index contributed by atoms with van der Waals surface area (Å²) in [5.74, 6) is -1.13. The Bertz CT molecular complexity index is 935. The van der Waals surface area contributed by atoms with Gasteiger partial charge < -0.3 is 19.4 Å². The number of alkyl halides is 3. The molecule has 0 spiro atoms. The molecule has 4 rings (SSSR count). The minimum atomic E-state index is -4.50. The first-order chi connectivity index (χ1) is 16.1. The topological polar surface area (TPSA) is 82.6 Å². The molecule has 9 nitrogen and oxygen atoms in total. The van der Waals surface area contributed by atoms with Crippen LogP contribution in [0.4, 0.5) is 23.7 Å². The summed E-state index contributed by atoms with van der Waals surface area (Å²) in [6, 6.07) is 4.04. The summed E-state index contributed by atoms with van der Waals surface area (Å²) in [7, 11) is 0. The molecule has 3 aliphatic rings. The highest BCUT2D eigenvalue weighted by atomic mass is 19.4. The summed E-state index contributed by atoms with van der Waals surface area (Å²) < 4.78 is 46.9. The van der Waals surface area contributed by atoms with Crippen LogP contribution in [0.1, 0.15) is 30.9 Å². The van der Waals surface area contributed by atoms with Crippen molar-refractivity contribution in [3.63, 3.8) is 0 Å². The second-order valence-corrected chi connectivity index (χ2v) is 8.66. The smallest absolute Gasteiger partial charge is 0.378 e. The van der Waals surface area contributed by atoms with E-state index in [1.54, 1.807) is 13.0 Å². The van der Waals surface area contributed by atoms with E-state index in [-0.39, 0.29) is 37.5 Å². The van der Waals surface area contributed by atoms with Gasteiger partial charge in [-0.3, -0.25) is 14.5 Å². The van der Waals surface area contributed by atoms with Crippen LogP contribution in [0.5, 0.6) is 0 Å². The first-order valence-corrected chi connectivity index (χ1v) is 11.2. The lowest BCUT2D eigenvalue weighted by atomic mass is 10.0. The van der Waals surface area contributed by atoms with Crippen LogP contribution in [0.3, 0.4) is 0 Å². The van der Waals surface area contributed by atoms with Crippen molar-refractivity contribution in [2.24, 2.45) is 0 Å². The number of benzene rings is 1. The Morgan fingerprint density at radius 2 is 1.76 bits per heavy atom. The number of nitrogens with zero attached hydrogens (tertiary/aromatic N) is 4. The van der Waals surface area contributed by atoms with Crippen LogP contribution in [0.15, 0.2) is 18.2 Å². The highest BCUT2D eigenvalue weighted by molar-refractivity contribution is 6.01. The highest BCUT2D eigenvalue weighted by Gasteiger charge is 2.38. The van der Waals surface area contributed by atoms with Crippen molar-refractivity contribution in [2.45, 2.75) is 38.5 Å². The molecular weight excluding hydrogens is 457 g/mol. The number of piperazine rings is 1. The van der Waals surface area contributed by atoms with Gasteiger partial charge in [-0.1, -0.05) is 6.07 Å². The van der Waals surface area contributed by atoms with Gasteiger partial charge in [-0.2, -0.15) is 13.2 Å². The Kier molecular flexibility index (Phi) is 6.99. The summed E-state index contributed by atoms with van der Waals surface area (Å²) in [5, 5.41) is 0.493. The number of hydrogen-bond donors (Lipinski definition) is 0. The number of imide groups is 1. The SMILES string of the molecule is C[C@H]1CN(Cc2ccc(N3CCOCC3)cc2C(F)(F)F)CCN1C(=O)ON1C(=O)CCC1=O. The monoisotopic (exact) mass is 484 g/mol. The molecule has 3 saturated heterocycles. The van der Waals surface area contributed by atoms with Gasteiger partial charge >= 0.3 is 12.3 Å². The number of anilines is 1. The molecule has 0 saturated carbocycles. The highest BCUT2D eigenvalue weighted by Crippen LogP contribution is 2.35. The molecule has 3 fully saturated rings. The molecule has 0 N–H and O–H groups in total. The lowest BCUT2D eigenvalue weighted by Gasteiger charge is -2.39. The Hall–Kier alpha value is -2.86. The van der Waals surface area contributed by atoms with Crippen molar-refractivity contribution in [3.05, 3.63) is 29.3 Å². The molecular formula is C22H27F3N4O5. The average molecular weight is 484 g/mol. The van der Waals surface area contributed by atoms with E-state index in [4.69, 9.17) is 9.57 Å². The van der Waals surface area contributed by atoms with Gasteiger partial charge in [0.15, 0.2) is 0 Å². The normalized spacial score (nSPS) is 22.5. The third-order valence-corrected chi connectivity index (χ3v) is 6.29. The van der Waals surface area contributed by atoms with E-state index in [1.165, 1.54) is 17.0 Å². The molecule has 34 heavy (non-hydrogen) atoms. The fourth-order valence-electron chi connectivity index (χ4n) is 4.46. The fraction of sp³-hybridized carbons (Fsp3) is 0.591. The van der Waals surface area contributed by atoms with Gasteiger partial charge in [-0.15, -0.1) is 5.06 Å². The maximum Gasteiger partial charge on any atom is 0.435 e. The van der Waals surface area contributed by atoms with Gasteiger partial charge in [-0.05, 0) is 24.6 Å². The van der Waals surface area contributed by atoms with Crippen molar-refractivity contribution in [1.82, 2.24) is 14.9 Å². The van der Waals surface area contributed by atoms with E-state index in [0.717, 1.165) is 0 Å². The number of carbonyl (C=O) groups is 3. The molecule has 0 radical (unpaired) electrons. The molecule has 1 aromatic rings.